The molecule has 1 aromatic carbocycles. The van der Waals surface area contributed by atoms with E-state index < -0.39 is 12.2 Å². The second-order valence-corrected chi connectivity index (χ2v) is 3.68. The fourth-order valence-electron chi connectivity index (χ4n) is 1.45. The van der Waals surface area contributed by atoms with E-state index in [0.717, 1.165) is 0 Å². The quantitative estimate of drug-likeness (QED) is 0.204. The van der Waals surface area contributed by atoms with Crippen LogP contribution in [0.1, 0.15) is 17.2 Å². The van der Waals surface area contributed by atoms with Crippen LogP contribution in [0.3, 0.4) is 0 Å². The Bertz CT molecular complexity index is 378. The monoisotopic (exact) mass is 239 g/mol. The Hall–Kier alpha value is -1.63. The lowest BCUT2D eigenvalue weighted by Crippen LogP contribution is -2.29. The third-order valence-electron chi connectivity index (χ3n) is 2.43. The second-order valence-electron chi connectivity index (χ2n) is 3.68. The van der Waals surface area contributed by atoms with Gasteiger partial charge >= 0.3 is 0 Å². The van der Waals surface area contributed by atoms with Gasteiger partial charge in [0.1, 0.15) is 6.10 Å². The Morgan fingerprint density at radius 3 is 2.41 bits per heavy atom. The minimum Gasteiger partial charge on any atom is -0.409 e. The number of likely N-dealkylation sites (N-methyl/N-ethyl adjacent to an activating group) is 1. The van der Waals surface area contributed by atoms with Crippen molar-refractivity contribution in [3.63, 3.8) is 0 Å². The molecular weight excluding hydrogens is 222 g/mol. The van der Waals surface area contributed by atoms with Gasteiger partial charge in [0.2, 0.25) is 0 Å². The van der Waals surface area contributed by atoms with E-state index in [-0.39, 0.29) is 5.84 Å². The molecule has 6 heteroatoms. The lowest BCUT2D eigenvalue weighted by atomic mass is 10.0. The molecule has 0 aromatic heterocycles. The summed E-state index contributed by atoms with van der Waals surface area (Å²) in [7, 11) is 1.69. The van der Waals surface area contributed by atoms with Gasteiger partial charge in [-0.05, 0) is 12.6 Å². The number of benzene rings is 1. The molecule has 0 amide bonds. The Kier molecular flexibility index (Phi) is 4.89. The predicted molar refractivity (Wildman–Crippen MR) is 63.8 cm³/mol. The molecule has 0 aliphatic carbocycles. The van der Waals surface area contributed by atoms with Crippen molar-refractivity contribution in [3.05, 3.63) is 35.4 Å². The summed E-state index contributed by atoms with van der Waals surface area (Å²) in [6.45, 7) is 0.295. The number of aliphatic hydroxyl groups is 2. The predicted octanol–water partition coefficient (Wildman–Crippen LogP) is -0.605. The highest BCUT2D eigenvalue weighted by molar-refractivity contribution is 5.96. The third-order valence-corrected chi connectivity index (χ3v) is 2.43. The van der Waals surface area contributed by atoms with Crippen LogP contribution in [-0.2, 0) is 0 Å². The van der Waals surface area contributed by atoms with Gasteiger partial charge < -0.3 is 26.5 Å². The molecule has 94 valence electrons. The van der Waals surface area contributed by atoms with Crippen molar-refractivity contribution in [2.24, 2.45) is 10.9 Å². The molecule has 17 heavy (non-hydrogen) atoms. The van der Waals surface area contributed by atoms with Crippen molar-refractivity contribution in [3.8, 4) is 0 Å². The van der Waals surface area contributed by atoms with Crippen LogP contribution in [-0.4, -0.2) is 41.0 Å². The van der Waals surface area contributed by atoms with E-state index in [9.17, 15) is 10.2 Å². The van der Waals surface area contributed by atoms with Gasteiger partial charge in [0, 0.05) is 12.1 Å². The molecule has 0 saturated carbocycles. The Morgan fingerprint density at radius 2 is 1.94 bits per heavy atom. The Labute approximate surface area is 99.4 Å². The molecule has 6 N–H and O–H groups in total. The molecular formula is C11H17N3O3. The number of rotatable bonds is 5. The Balaban J connectivity index is 2.80. The molecule has 2 atom stereocenters. The number of nitrogens with one attached hydrogen (secondary N) is 1. The second kappa shape index (κ2) is 6.19. The summed E-state index contributed by atoms with van der Waals surface area (Å²) < 4.78 is 0. The van der Waals surface area contributed by atoms with Crippen LogP contribution >= 0.6 is 0 Å². The first-order chi connectivity index (χ1) is 8.10. The lowest BCUT2D eigenvalue weighted by Gasteiger charge is -2.17. The fraction of sp³-hybridized carbons (Fsp3) is 0.364. The van der Waals surface area contributed by atoms with Gasteiger partial charge in [-0.1, -0.05) is 29.4 Å². The van der Waals surface area contributed by atoms with Gasteiger partial charge in [0.05, 0.1) is 6.10 Å². The summed E-state index contributed by atoms with van der Waals surface area (Å²) in [5.74, 6) is 0.00168. The maximum absolute atomic E-state index is 9.81. The molecule has 1 aromatic rings. The van der Waals surface area contributed by atoms with Gasteiger partial charge in [-0.3, -0.25) is 0 Å². The summed E-state index contributed by atoms with van der Waals surface area (Å²) >= 11 is 0. The van der Waals surface area contributed by atoms with E-state index in [1.165, 1.54) is 0 Å². The fourth-order valence-corrected chi connectivity index (χ4v) is 1.45. The summed E-state index contributed by atoms with van der Waals surface area (Å²) in [5.41, 5.74) is 6.53. The zero-order chi connectivity index (χ0) is 12.8. The summed E-state index contributed by atoms with van der Waals surface area (Å²) in [6, 6.07) is 6.47. The van der Waals surface area contributed by atoms with E-state index in [1.807, 2.05) is 0 Å². The van der Waals surface area contributed by atoms with E-state index in [0.29, 0.717) is 17.7 Å². The highest BCUT2D eigenvalue weighted by atomic mass is 16.4. The summed E-state index contributed by atoms with van der Waals surface area (Å²) in [4.78, 5) is 0. The van der Waals surface area contributed by atoms with E-state index >= 15 is 0 Å². The van der Waals surface area contributed by atoms with Crippen molar-refractivity contribution < 1.29 is 15.4 Å². The molecule has 0 radical (unpaired) electrons. The van der Waals surface area contributed by atoms with Crippen LogP contribution in [0.25, 0.3) is 0 Å². The average molecular weight is 239 g/mol. The van der Waals surface area contributed by atoms with Crippen molar-refractivity contribution in [1.29, 1.82) is 0 Å². The Morgan fingerprint density at radius 1 is 1.35 bits per heavy atom. The van der Waals surface area contributed by atoms with Crippen LogP contribution in [0.4, 0.5) is 0 Å². The molecule has 2 unspecified atom stereocenters. The van der Waals surface area contributed by atoms with Gasteiger partial charge in [-0.2, -0.15) is 0 Å². The molecule has 1 rings (SSSR count). The number of amidine groups is 1. The van der Waals surface area contributed by atoms with Crippen LogP contribution in [0.2, 0.25) is 0 Å². The van der Waals surface area contributed by atoms with Crippen LogP contribution in [0.5, 0.6) is 0 Å². The van der Waals surface area contributed by atoms with Crippen molar-refractivity contribution in [2.75, 3.05) is 13.6 Å². The first-order valence-corrected chi connectivity index (χ1v) is 5.18. The summed E-state index contributed by atoms with van der Waals surface area (Å²) in [6.07, 6.45) is -1.85. The topological polar surface area (TPSA) is 111 Å². The SMILES string of the molecule is CNCC(O)C(O)c1ccc(C(N)=NO)cc1. The minimum absolute atomic E-state index is 0.00168. The van der Waals surface area contributed by atoms with Crippen LogP contribution in [0.15, 0.2) is 29.4 Å². The highest BCUT2D eigenvalue weighted by Gasteiger charge is 2.17. The number of nitrogens with two attached hydrogens (primary N) is 1. The third kappa shape index (κ3) is 3.42. The lowest BCUT2D eigenvalue weighted by molar-refractivity contribution is 0.0202. The van der Waals surface area contributed by atoms with E-state index in [2.05, 4.69) is 10.5 Å². The van der Waals surface area contributed by atoms with Gasteiger partial charge in [-0.25, -0.2) is 0 Å². The number of oxime groups is 1. The van der Waals surface area contributed by atoms with E-state index in [4.69, 9.17) is 10.9 Å². The number of nitrogens with zero attached hydrogens (tertiary/aromatic N) is 1. The smallest absolute Gasteiger partial charge is 0.170 e. The maximum atomic E-state index is 9.81. The van der Waals surface area contributed by atoms with Crippen LogP contribution in [0, 0.1) is 0 Å². The molecule has 0 fully saturated rings. The van der Waals surface area contributed by atoms with Crippen LogP contribution < -0.4 is 11.1 Å². The standard InChI is InChI=1S/C11H17N3O3/c1-13-6-9(15)10(16)7-2-4-8(5-3-7)11(12)14-17/h2-5,9-10,13,15-17H,6H2,1H3,(H2,12,14). The number of hydrogen-bond donors (Lipinski definition) is 5. The van der Waals surface area contributed by atoms with Crippen molar-refractivity contribution >= 4 is 5.84 Å². The van der Waals surface area contributed by atoms with Gasteiger partial charge in [-0.15, -0.1) is 0 Å². The van der Waals surface area contributed by atoms with Crippen molar-refractivity contribution in [1.82, 2.24) is 5.32 Å². The first-order valence-electron chi connectivity index (χ1n) is 5.18. The average Bonchev–Trinajstić information content (AvgIpc) is 2.37. The normalized spacial score (nSPS) is 15.6. The van der Waals surface area contributed by atoms with Gasteiger partial charge in [0.25, 0.3) is 0 Å². The van der Waals surface area contributed by atoms with Gasteiger partial charge in [0.15, 0.2) is 5.84 Å². The minimum atomic E-state index is -0.969. The maximum Gasteiger partial charge on any atom is 0.170 e. The van der Waals surface area contributed by atoms with Crippen molar-refractivity contribution in [2.45, 2.75) is 12.2 Å². The zero-order valence-corrected chi connectivity index (χ0v) is 9.54. The molecule has 0 heterocycles. The molecule has 0 saturated heterocycles. The molecule has 0 aliphatic heterocycles. The largest absolute Gasteiger partial charge is 0.409 e. The zero-order valence-electron chi connectivity index (χ0n) is 9.54. The molecule has 0 spiro atoms. The molecule has 0 bridgehead atoms. The number of hydrogen-bond acceptors (Lipinski definition) is 5. The summed E-state index contributed by atoms with van der Waals surface area (Å²) in [5, 5.41) is 33.5. The molecule has 6 nitrogen and oxygen atoms in total. The first kappa shape index (κ1) is 13.4. The number of aliphatic hydroxyl groups excluding tert-OH is 2. The molecule has 0 aliphatic rings. The van der Waals surface area contributed by atoms with E-state index in [1.54, 1.807) is 31.3 Å². The highest BCUT2D eigenvalue weighted by Crippen LogP contribution is 2.17.